The number of imidazole rings is 1. The van der Waals surface area contributed by atoms with Gasteiger partial charge in [-0.3, -0.25) is 0 Å². The molecule has 5 aromatic rings. The monoisotopic (exact) mass is 464 g/mol. The summed E-state index contributed by atoms with van der Waals surface area (Å²) in [5.41, 5.74) is 9.18. The van der Waals surface area contributed by atoms with Crippen molar-refractivity contribution in [2.75, 3.05) is 0 Å². The number of hydrogen-bond donors (Lipinski definition) is 0. The molecule has 1 fully saturated rings. The summed E-state index contributed by atoms with van der Waals surface area (Å²) in [5, 5.41) is 0. The number of aryl methyl sites for hydroxylation is 2. The van der Waals surface area contributed by atoms with Crippen LogP contribution in [0.1, 0.15) is 69.4 Å². The van der Waals surface area contributed by atoms with Crippen molar-refractivity contribution >= 4 is 22.1 Å². The number of aromatic nitrogens is 3. The van der Waals surface area contributed by atoms with Crippen LogP contribution in [0.4, 0.5) is 0 Å². The standard InChI is InChI=1S/C31H34N3O/c1-20-14-19-26-28(32-29(35-26)21-10-6-7-11-21)27(20)30-33(5)24-12-8-9-13-25(24)34(30)23-17-15-22(16-18-23)31(2,3)4/h8-9,12-19,21H,6-7,10-11H2,1-5H3/q+1. The largest absolute Gasteiger partial charge is 0.440 e. The van der Waals surface area contributed by atoms with Crippen LogP contribution in [-0.2, 0) is 12.5 Å². The zero-order chi connectivity index (χ0) is 24.3. The van der Waals surface area contributed by atoms with Crippen LogP contribution in [0.3, 0.4) is 0 Å². The van der Waals surface area contributed by atoms with Crippen molar-refractivity contribution < 1.29 is 8.98 Å². The van der Waals surface area contributed by atoms with E-state index in [4.69, 9.17) is 9.40 Å². The van der Waals surface area contributed by atoms with E-state index in [1.165, 1.54) is 47.8 Å². The second-order valence-electron chi connectivity index (χ2n) is 11.1. The number of para-hydroxylation sites is 2. The molecule has 0 N–H and O–H groups in total. The molecule has 1 saturated carbocycles. The third-order valence-electron chi connectivity index (χ3n) is 7.72. The van der Waals surface area contributed by atoms with Gasteiger partial charge in [-0.05, 0) is 66.6 Å². The van der Waals surface area contributed by atoms with Crippen molar-refractivity contribution in [3.8, 4) is 17.1 Å². The van der Waals surface area contributed by atoms with Gasteiger partial charge in [-0.2, -0.15) is 4.57 Å². The van der Waals surface area contributed by atoms with E-state index >= 15 is 0 Å². The second kappa shape index (κ2) is 8.08. The molecule has 2 aromatic heterocycles. The molecule has 0 atom stereocenters. The fraction of sp³-hybridized carbons (Fsp3) is 0.355. The quantitative estimate of drug-likeness (QED) is 0.259. The van der Waals surface area contributed by atoms with Gasteiger partial charge in [-0.25, -0.2) is 9.55 Å². The summed E-state index contributed by atoms with van der Waals surface area (Å²) in [5.74, 6) is 2.48. The smallest absolute Gasteiger partial charge is 0.297 e. The molecule has 0 spiro atoms. The first-order valence-electron chi connectivity index (χ1n) is 12.8. The van der Waals surface area contributed by atoms with E-state index in [1.807, 2.05) is 0 Å². The maximum atomic E-state index is 6.35. The number of nitrogens with zero attached hydrogens (tertiary/aromatic N) is 3. The zero-order valence-corrected chi connectivity index (χ0v) is 21.4. The normalized spacial score (nSPS) is 15.0. The molecular formula is C31H34N3O+. The van der Waals surface area contributed by atoms with Gasteiger partial charge in [0, 0.05) is 5.92 Å². The third-order valence-corrected chi connectivity index (χ3v) is 7.72. The van der Waals surface area contributed by atoms with Crippen LogP contribution in [0, 0.1) is 6.92 Å². The summed E-state index contributed by atoms with van der Waals surface area (Å²) < 4.78 is 11.0. The topological polar surface area (TPSA) is 34.8 Å². The summed E-state index contributed by atoms with van der Waals surface area (Å²) in [7, 11) is 2.16. The molecule has 3 aromatic carbocycles. The lowest BCUT2D eigenvalue weighted by atomic mass is 9.87. The Labute approximate surface area is 207 Å². The van der Waals surface area contributed by atoms with E-state index in [2.05, 4.69) is 105 Å². The Morgan fingerprint density at radius 1 is 0.943 bits per heavy atom. The molecule has 4 nitrogen and oxygen atoms in total. The predicted octanol–water partition coefficient (Wildman–Crippen LogP) is 7.53. The Bertz CT molecular complexity index is 1540. The highest BCUT2D eigenvalue weighted by Gasteiger charge is 2.31. The van der Waals surface area contributed by atoms with Gasteiger partial charge < -0.3 is 4.42 Å². The number of fused-ring (bicyclic) bond motifs is 2. The summed E-state index contributed by atoms with van der Waals surface area (Å²) in [6.07, 6.45) is 4.89. The van der Waals surface area contributed by atoms with Gasteiger partial charge in [0.15, 0.2) is 22.5 Å². The SMILES string of the molecule is Cc1ccc2oc(C3CCCC3)nc2c1-c1n(-c2ccc(C(C)(C)C)cc2)c2ccccc2[n+]1C. The first-order valence-corrected chi connectivity index (χ1v) is 12.8. The van der Waals surface area contributed by atoms with Gasteiger partial charge in [-0.15, -0.1) is 0 Å². The van der Waals surface area contributed by atoms with Crippen molar-refractivity contribution in [2.45, 2.75) is 64.7 Å². The van der Waals surface area contributed by atoms with Crippen LogP contribution in [-0.4, -0.2) is 9.55 Å². The van der Waals surface area contributed by atoms with Gasteiger partial charge in [0.1, 0.15) is 11.2 Å². The maximum absolute atomic E-state index is 6.35. The minimum Gasteiger partial charge on any atom is -0.440 e. The Hall–Kier alpha value is -3.40. The Morgan fingerprint density at radius 3 is 2.37 bits per heavy atom. The molecule has 0 amide bonds. The molecule has 35 heavy (non-hydrogen) atoms. The molecule has 0 saturated heterocycles. The van der Waals surface area contributed by atoms with Crippen LogP contribution < -0.4 is 4.57 Å². The van der Waals surface area contributed by atoms with Crippen molar-refractivity contribution in [2.24, 2.45) is 7.05 Å². The van der Waals surface area contributed by atoms with Crippen molar-refractivity contribution in [3.05, 3.63) is 77.7 Å². The van der Waals surface area contributed by atoms with Crippen molar-refractivity contribution in [3.63, 3.8) is 0 Å². The van der Waals surface area contributed by atoms with E-state index < -0.39 is 0 Å². The van der Waals surface area contributed by atoms with Gasteiger partial charge in [-0.1, -0.05) is 63.9 Å². The van der Waals surface area contributed by atoms with Gasteiger partial charge in [0.25, 0.3) is 5.82 Å². The third kappa shape index (κ3) is 3.58. The summed E-state index contributed by atoms with van der Waals surface area (Å²) in [4.78, 5) is 5.13. The van der Waals surface area contributed by atoms with E-state index in [0.717, 1.165) is 34.1 Å². The molecule has 178 valence electrons. The molecule has 0 unspecified atom stereocenters. The molecule has 1 aliphatic rings. The van der Waals surface area contributed by atoms with E-state index in [0.29, 0.717) is 5.92 Å². The number of oxazole rings is 1. The lowest BCUT2D eigenvalue weighted by molar-refractivity contribution is -0.633. The highest BCUT2D eigenvalue weighted by molar-refractivity contribution is 5.92. The van der Waals surface area contributed by atoms with Crippen LogP contribution in [0.15, 0.2) is 65.1 Å². The zero-order valence-electron chi connectivity index (χ0n) is 21.4. The summed E-state index contributed by atoms with van der Waals surface area (Å²) in [6, 6.07) is 21.9. The number of benzene rings is 3. The lowest BCUT2D eigenvalue weighted by Gasteiger charge is -2.18. The number of rotatable bonds is 3. The van der Waals surface area contributed by atoms with Crippen LogP contribution in [0.5, 0.6) is 0 Å². The van der Waals surface area contributed by atoms with E-state index in [1.54, 1.807) is 0 Å². The van der Waals surface area contributed by atoms with Crippen LogP contribution >= 0.6 is 0 Å². The molecule has 0 radical (unpaired) electrons. The highest BCUT2D eigenvalue weighted by Crippen LogP contribution is 2.39. The highest BCUT2D eigenvalue weighted by atomic mass is 16.3. The first-order chi connectivity index (χ1) is 16.8. The Balaban J connectivity index is 1.63. The Morgan fingerprint density at radius 2 is 1.66 bits per heavy atom. The fourth-order valence-corrected chi connectivity index (χ4v) is 5.71. The van der Waals surface area contributed by atoms with Gasteiger partial charge in [0.2, 0.25) is 0 Å². The molecular weight excluding hydrogens is 430 g/mol. The molecule has 1 aliphatic carbocycles. The van der Waals surface area contributed by atoms with E-state index in [-0.39, 0.29) is 5.41 Å². The first kappa shape index (κ1) is 22.1. The fourth-order valence-electron chi connectivity index (χ4n) is 5.71. The maximum Gasteiger partial charge on any atom is 0.297 e. The minimum absolute atomic E-state index is 0.115. The molecule has 6 rings (SSSR count). The lowest BCUT2D eigenvalue weighted by Crippen LogP contribution is -2.30. The summed E-state index contributed by atoms with van der Waals surface area (Å²) >= 11 is 0. The molecule has 0 bridgehead atoms. The van der Waals surface area contributed by atoms with E-state index in [9.17, 15) is 0 Å². The molecule has 0 aliphatic heterocycles. The van der Waals surface area contributed by atoms with Gasteiger partial charge in [0.05, 0.1) is 12.6 Å². The average molecular weight is 465 g/mol. The van der Waals surface area contributed by atoms with Crippen molar-refractivity contribution in [1.29, 1.82) is 0 Å². The molecule has 4 heteroatoms. The summed E-state index contributed by atoms with van der Waals surface area (Å²) in [6.45, 7) is 8.96. The molecule has 2 heterocycles. The minimum atomic E-state index is 0.115. The number of hydrogen-bond acceptors (Lipinski definition) is 2. The predicted molar refractivity (Wildman–Crippen MR) is 142 cm³/mol. The Kier molecular flexibility index (Phi) is 5.10. The van der Waals surface area contributed by atoms with Crippen LogP contribution in [0.25, 0.3) is 39.2 Å². The second-order valence-corrected chi connectivity index (χ2v) is 11.1. The van der Waals surface area contributed by atoms with Crippen LogP contribution in [0.2, 0.25) is 0 Å². The average Bonchev–Trinajstić information content (AvgIpc) is 3.57. The van der Waals surface area contributed by atoms with Crippen molar-refractivity contribution in [1.82, 2.24) is 9.55 Å². The van der Waals surface area contributed by atoms with Gasteiger partial charge >= 0.3 is 0 Å².